The van der Waals surface area contributed by atoms with Crippen LogP contribution in [-0.4, -0.2) is 23.1 Å². The fraction of sp³-hybridized carbons (Fsp3) is 0.333. The lowest BCUT2D eigenvalue weighted by Gasteiger charge is -2.13. The molecule has 0 fully saturated rings. The Morgan fingerprint density at radius 2 is 1.95 bits per heavy atom. The van der Waals surface area contributed by atoms with E-state index in [1.807, 2.05) is 0 Å². The molecule has 0 amide bonds. The van der Waals surface area contributed by atoms with Gasteiger partial charge in [0.1, 0.15) is 18.2 Å². The molecule has 5 heteroatoms. The van der Waals surface area contributed by atoms with Gasteiger partial charge in [0.15, 0.2) is 5.82 Å². The van der Waals surface area contributed by atoms with E-state index in [0.717, 1.165) is 18.7 Å². The van der Waals surface area contributed by atoms with Gasteiger partial charge in [-0.1, -0.05) is 24.3 Å². The van der Waals surface area contributed by atoms with Gasteiger partial charge in [0, 0.05) is 19.2 Å². The second-order valence-electron chi connectivity index (χ2n) is 5.05. The quantitative estimate of drug-likeness (QED) is 0.886. The largest absolute Gasteiger partial charge is 0.384 e. The molecule has 1 aliphatic rings. The molecule has 104 valence electrons. The molecule has 0 radical (unpaired) electrons. The van der Waals surface area contributed by atoms with Gasteiger partial charge in [-0.3, -0.25) is 0 Å². The molecule has 1 aromatic heterocycles. The van der Waals surface area contributed by atoms with Crippen molar-refractivity contribution >= 4 is 11.6 Å². The molecular formula is C15H18N4O. The zero-order valence-electron chi connectivity index (χ0n) is 11.5. The van der Waals surface area contributed by atoms with Gasteiger partial charge in [-0.2, -0.15) is 0 Å². The minimum atomic E-state index is 0.358. The molecule has 3 N–H and O–H groups in total. The number of nitrogens with two attached hydrogens (primary N) is 1. The number of ether oxygens (including phenoxy) is 1. The molecule has 3 rings (SSSR count). The fourth-order valence-electron chi connectivity index (χ4n) is 2.66. The molecule has 0 aliphatic heterocycles. The number of hydrogen-bond acceptors (Lipinski definition) is 5. The Morgan fingerprint density at radius 1 is 1.25 bits per heavy atom. The van der Waals surface area contributed by atoms with Gasteiger partial charge in [-0.05, 0) is 24.0 Å². The van der Waals surface area contributed by atoms with Crippen LogP contribution in [0, 0.1) is 0 Å². The van der Waals surface area contributed by atoms with Crippen molar-refractivity contribution < 1.29 is 4.74 Å². The maximum absolute atomic E-state index is 5.80. The third kappa shape index (κ3) is 2.72. The van der Waals surface area contributed by atoms with E-state index >= 15 is 0 Å². The summed E-state index contributed by atoms with van der Waals surface area (Å²) in [6.45, 7) is 0.366. The predicted molar refractivity (Wildman–Crippen MR) is 78.4 cm³/mol. The van der Waals surface area contributed by atoms with Gasteiger partial charge in [0.05, 0.1) is 0 Å². The number of aromatic nitrogens is 2. The minimum absolute atomic E-state index is 0.358. The van der Waals surface area contributed by atoms with Gasteiger partial charge in [0.25, 0.3) is 0 Å². The highest BCUT2D eigenvalue weighted by Crippen LogP contribution is 2.24. The maximum Gasteiger partial charge on any atom is 0.158 e. The van der Waals surface area contributed by atoms with E-state index in [-0.39, 0.29) is 0 Å². The summed E-state index contributed by atoms with van der Waals surface area (Å²) in [5.74, 6) is 1.83. The normalized spacial score (nSPS) is 14.2. The maximum atomic E-state index is 5.80. The Labute approximate surface area is 118 Å². The van der Waals surface area contributed by atoms with Gasteiger partial charge in [-0.25, -0.2) is 9.97 Å². The predicted octanol–water partition coefficient (Wildman–Crippen LogP) is 1.78. The lowest BCUT2D eigenvalue weighted by Crippen LogP contribution is -2.21. The molecule has 0 saturated carbocycles. The monoisotopic (exact) mass is 270 g/mol. The first kappa shape index (κ1) is 12.9. The van der Waals surface area contributed by atoms with E-state index < -0.39 is 0 Å². The van der Waals surface area contributed by atoms with E-state index in [2.05, 4.69) is 39.6 Å². The van der Waals surface area contributed by atoms with Crippen LogP contribution in [0.5, 0.6) is 0 Å². The van der Waals surface area contributed by atoms with Crippen LogP contribution in [0.4, 0.5) is 11.6 Å². The van der Waals surface area contributed by atoms with E-state index in [9.17, 15) is 0 Å². The minimum Gasteiger partial charge on any atom is -0.384 e. The summed E-state index contributed by atoms with van der Waals surface area (Å²) in [7, 11) is 1.62. The SMILES string of the molecule is COCc1nc(N)cc(NC2Cc3ccccc3C2)n1. The van der Waals surface area contributed by atoms with Gasteiger partial charge >= 0.3 is 0 Å². The standard InChI is InChI=1S/C15H18N4O/c1-20-9-15-18-13(16)8-14(19-15)17-12-6-10-4-2-3-5-11(10)7-12/h2-5,8,12H,6-7,9H2,1H3,(H3,16,17,18,19). The van der Waals surface area contributed by atoms with Gasteiger partial charge in [-0.15, -0.1) is 0 Å². The Bertz CT molecular complexity index is 590. The number of methoxy groups -OCH3 is 1. The van der Waals surface area contributed by atoms with Crippen LogP contribution in [-0.2, 0) is 24.2 Å². The molecule has 1 aromatic carbocycles. The van der Waals surface area contributed by atoms with Crippen LogP contribution in [0.3, 0.4) is 0 Å². The van der Waals surface area contributed by atoms with Crippen LogP contribution in [0.25, 0.3) is 0 Å². The third-order valence-electron chi connectivity index (χ3n) is 3.47. The molecule has 2 aromatic rings. The molecule has 20 heavy (non-hydrogen) atoms. The number of anilines is 2. The number of benzene rings is 1. The van der Waals surface area contributed by atoms with Crippen molar-refractivity contribution in [2.75, 3.05) is 18.2 Å². The second kappa shape index (κ2) is 5.46. The summed E-state index contributed by atoms with van der Waals surface area (Å²) in [6.07, 6.45) is 2.03. The number of nitrogens with zero attached hydrogens (tertiary/aromatic N) is 2. The Morgan fingerprint density at radius 3 is 2.60 bits per heavy atom. The number of fused-ring (bicyclic) bond motifs is 1. The molecule has 0 bridgehead atoms. The van der Waals surface area contributed by atoms with Crippen molar-refractivity contribution in [3.63, 3.8) is 0 Å². The van der Waals surface area contributed by atoms with Gasteiger partial charge in [0.2, 0.25) is 0 Å². The number of nitrogen functional groups attached to an aromatic ring is 1. The molecule has 0 unspecified atom stereocenters. The zero-order valence-corrected chi connectivity index (χ0v) is 11.5. The van der Waals surface area contributed by atoms with Crippen LogP contribution in [0.2, 0.25) is 0 Å². The highest BCUT2D eigenvalue weighted by Gasteiger charge is 2.21. The average Bonchev–Trinajstić information content (AvgIpc) is 2.80. The summed E-state index contributed by atoms with van der Waals surface area (Å²) in [4.78, 5) is 8.56. The molecule has 0 spiro atoms. The average molecular weight is 270 g/mol. The first-order valence-corrected chi connectivity index (χ1v) is 6.70. The van der Waals surface area contributed by atoms with Crippen molar-refractivity contribution in [1.29, 1.82) is 0 Å². The number of hydrogen-bond donors (Lipinski definition) is 2. The van der Waals surface area contributed by atoms with E-state index in [4.69, 9.17) is 10.5 Å². The van der Waals surface area contributed by atoms with Crippen molar-refractivity contribution in [1.82, 2.24) is 9.97 Å². The first-order valence-electron chi connectivity index (χ1n) is 6.70. The Kier molecular flexibility index (Phi) is 3.52. The number of rotatable bonds is 4. The highest BCUT2D eigenvalue weighted by atomic mass is 16.5. The molecule has 0 atom stereocenters. The fourth-order valence-corrected chi connectivity index (χ4v) is 2.66. The smallest absolute Gasteiger partial charge is 0.158 e. The van der Waals surface area contributed by atoms with Crippen LogP contribution < -0.4 is 11.1 Å². The number of nitrogens with one attached hydrogen (secondary N) is 1. The van der Waals surface area contributed by atoms with E-state index in [1.165, 1.54) is 11.1 Å². The molecular weight excluding hydrogens is 252 g/mol. The topological polar surface area (TPSA) is 73.1 Å². The van der Waals surface area contributed by atoms with Crippen LogP contribution in [0.1, 0.15) is 17.0 Å². The third-order valence-corrected chi connectivity index (χ3v) is 3.47. The summed E-state index contributed by atoms with van der Waals surface area (Å²) >= 11 is 0. The van der Waals surface area contributed by atoms with E-state index in [0.29, 0.717) is 24.3 Å². The second-order valence-corrected chi connectivity index (χ2v) is 5.05. The zero-order chi connectivity index (χ0) is 13.9. The summed E-state index contributed by atoms with van der Waals surface area (Å²) in [6, 6.07) is 10.7. The molecule has 1 aliphatic carbocycles. The summed E-state index contributed by atoms with van der Waals surface area (Å²) in [5, 5.41) is 3.44. The van der Waals surface area contributed by atoms with Crippen LogP contribution in [0.15, 0.2) is 30.3 Å². The van der Waals surface area contributed by atoms with Crippen molar-refractivity contribution in [2.24, 2.45) is 0 Å². The van der Waals surface area contributed by atoms with Crippen molar-refractivity contribution in [3.05, 3.63) is 47.3 Å². The van der Waals surface area contributed by atoms with Crippen LogP contribution >= 0.6 is 0 Å². The lowest BCUT2D eigenvalue weighted by molar-refractivity contribution is 0.178. The highest BCUT2D eigenvalue weighted by molar-refractivity contribution is 5.47. The first-order chi connectivity index (χ1) is 9.74. The molecule has 0 saturated heterocycles. The van der Waals surface area contributed by atoms with Crippen molar-refractivity contribution in [3.8, 4) is 0 Å². The van der Waals surface area contributed by atoms with Crippen molar-refractivity contribution in [2.45, 2.75) is 25.5 Å². The molecule has 1 heterocycles. The van der Waals surface area contributed by atoms with E-state index in [1.54, 1.807) is 13.2 Å². The molecule has 5 nitrogen and oxygen atoms in total. The summed E-state index contributed by atoms with van der Waals surface area (Å²) in [5.41, 5.74) is 8.61. The Balaban J connectivity index is 1.73. The summed E-state index contributed by atoms with van der Waals surface area (Å²) < 4.78 is 5.05. The Hall–Kier alpha value is -2.14. The lowest BCUT2D eigenvalue weighted by atomic mass is 10.1. The van der Waals surface area contributed by atoms with Gasteiger partial charge < -0.3 is 15.8 Å².